The van der Waals surface area contributed by atoms with Crippen LogP contribution in [0.1, 0.15) is 0 Å². The summed E-state index contributed by atoms with van der Waals surface area (Å²) in [5.41, 5.74) is 3.49. The number of hydrogen-bond donors (Lipinski definition) is 0. The zero-order valence-electron chi connectivity index (χ0n) is 23.7. The third-order valence-electron chi connectivity index (χ3n) is 8.82. The van der Waals surface area contributed by atoms with Gasteiger partial charge in [0.25, 0.3) is 0 Å². The fourth-order valence-electron chi connectivity index (χ4n) is 6.96. The van der Waals surface area contributed by atoms with E-state index in [0.717, 1.165) is 10.9 Å². The molecule has 0 fully saturated rings. The fraction of sp³-hybridized carbons (Fsp3) is 0. The summed E-state index contributed by atoms with van der Waals surface area (Å²) in [6.45, 7) is 0. The Kier molecular flexibility index (Phi) is 6.21. The first kappa shape index (κ1) is 25.4. The molecule has 8 aromatic rings. The van der Waals surface area contributed by atoms with Gasteiger partial charge in [-0.1, -0.05) is 158 Å². The maximum atomic E-state index is 4.83. The molecule has 43 heavy (non-hydrogen) atoms. The van der Waals surface area contributed by atoms with E-state index in [2.05, 4.69) is 170 Å². The number of pyridine rings is 1. The molecule has 0 amide bonds. The number of benzene rings is 7. The summed E-state index contributed by atoms with van der Waals surface area (Å²) in [6.07, 6.45) is 2.04. The van der Waals surface area contributed by atoms with Gasteiger partial charge in [-0.3, -0.25) is 4.98 Å². The number of fused-ring (bicyclic) bond motifs is 5. The summed E-state index contributed by atoms with van der Waals surface area (Å²) in [7, 11) is -2.63. The minimum Gasteiger partial charge on any atom is -0.256 e. The lowest BCUT2D eigenvalue weighted by molar-refractivity contribution is 1.45. The lowest BCUT2D eigenvalue weighted by Gasteiger charge is -2.34. The number of nitrogens with zero attached hydrogens (tertiary/aromatic N) is 1. The maximum absolute atomic E-state index is 4.83. The summed E-state index contributed by atoms with van der Waals surface area (Å²) in [5.74, 6) is 0. The van der Waals surface area contributed by atoms with Crippen LogP contribution < -0.4 is 20.7 Å². The molecule has 0 unspecified atom stereocenters. The van der Waals surface area contributed by atoms with E-state index in [1.807, 2.05) is 6.20 Å². The average Bonchev–Trinajstić information content (AvgIpc) is 3.09. The number of para-hydroxylation sites is 1. The van der Waals surface area contributed by atoms with Gasteiger partial charge in [0.2, 0.25) is 0 Å². The highest BCUT2D eigenvalue weighted by Gasteiger charge is 2.41. The van der Waals surface area contributed by atoms with Crippen LogP contribution in [0.4, 0.5) is 0 Å². The summed E-state index contributed by atoms with van der Waals surface area (Å²) < 4.78 is 0. The van der Waals surface area contributed by atoms with Gasteiger partial charge in [-0.25, -0.2) is 0 Å². The van der Waals surface area contributed by atoms with Gasteiger partial charge in [-0.05, 0) is 54.8 Å². The topological polar surface area (TPSA) is 12.9 Å². The molecule has 0 atom stereocenters. The molecule has 0 spiro atoms. The molecule has 0 bridgehead atoms. The Balaban J connectivity index is 1.44. The van der Waals surface area contributed by atoms with E-state index in [0.29, 0.717) is 0 Å². The predicted molar refractivity (Wildman–Crippen MR) is 186 cm³/mol. The van der Waals surface area contributed by atoms with Crippen molar-refractivity contribution < 1.29 is 0 Å². The second kappa shape index (κ2) is 10.5. The summed E-state index contributed by atoms with van der Waals surface area (Å²) in [4.78, 5) is 4.83. The van der Waals surface area contributed by atoms with Crippen molar-refractivity contribution in [2.75, 3.05) is 0 Å². The Morgan fingerprint density at radius 1 is 0.395 bits per heavy atom. The van der Waals surface area contributed by atoms with Gasteiger partial charge in [-0.15, -0.1) is 0 Å². The lowest BCUT2D eigenvalue weighted by Crippen LogP contribution is -2.74. The van der Waals surface area contributed by atoms with Gasteiger partial charge in [0, 0.05) is 22.4 Å². The van der Waals surface area contributed by atoms with Crippen molar-refractivity contribution in [3.8, 4) is 11.1 Å². The molecular weight excluding hydrogens is 535 g/mol. The predicted octanol–water partition coefficient (Wildman–Crippen LogP) is 7.59. The third-order valence-corrected chi connectivity index (χ3v) is 13.6. The van der Waals surface area contributed by atoms with Crippen molar-refractivity contribution in [2.24, 2.45) is 0 Å². The second-order valence-electron chi connectivity index (χ2n) is 11.1. The molecule has 7 aromatic carbocycles. The molecule has 1 aromatic heterocycles. The lowest BCUT2D eigenvalue weighted by atomic mass is 9.92. The molecule has 8 rings (SSSR count). The van der Waals surface area contributed by atoms with Crippen molar-refractivity contribution in [1.82, 2.24) is 4.98 Å². The summed E-state index contributed by atoms with van der Waals surface area (Å²) in [6, 6.07) is 62.3. The van der Waals surface area contributed by atoms with E-state index in [-0.39, 0.29) is 0 Å². The van der Waals surface area contributed by atoms with Crippen molar-refractivity contribution in [3.63, 3.8) is 0 Å². The maximum Gasteiger partial charge on any atom is 0.179 e. The summed E-state index contributed by atoms with van der Waals surface area (Å²) >= 11 is 0. The monoisotopic (exact) mass is 563 g/mol. The fourth-order valence-corrected chi connectivity index (χ4v) is 11.8. The zero-order chi connectivity index (χ0) is 28.6. The molecule has 2 heteroatoms. The molecule has 0 aliphatic carbocycles. The Labute approximate surface area is 252 Å². The van der Waals surface area contributed by atoms with Crippen molar-refractivity contribution in [2.45, 2.75) is 0 Å². The van der Waals surface area contributed by atoms with Gasteiger partial charge < -0.3 is 0 Å². The van der Waals surface area contributed by atoms with Crippen LogP contribution in [0.25, 0.3) is 43.6 Å². The Morgan fingerprint density at radius 3 is 1.53 bits per heavy atom. The van der Waals surface area contributed by atoms with Crippen LogP contribution in [0.5, 0.6) is 0 Å². The number of hydrogen-bond acceptors (Lipinski definition) is 1. The largest absolute Gasteiger partial charge is 0.256 e. The molecule has 0 aliphatic rings. The second-order valence-corrected chi connectivity index (χ2v) is 14.9. The number of aromatic nitrogens is 1. The molecule has 0 N–H and O–H groups in total. The minimum atomic E-state index is -2.63. The highest BCUT2D eigenvalue weighted by atomic mass is 28.3. The highest BCUT2D eigenvalue weighted by Crippen LogP contribution is 2.37. The van der Waals surface area contributed by atoms with Crippen LogP contribution in [0.15, 0.2) is 176 Å². The van der Waals surface area contributed by atoms with Crippen molar-refractivity contribution in [3.05, 3.63) is 176 Å². The van der Waals surface area contributed by atoms with Crippen LogP contribution in [0.3, 0.4) is 0 Å². The molecule has 1 heterocycles. The van der Waals surface area contributed by atoms with E-state index in [1.54, 1.807) is 0 Å². The van der Waals surface area contributed by atoms with Gasteiger partial charge in [0.05, 0.1) is 5.52 Å². The normalized spacial score (nSPS) is 11.7. The Morgan fingerprint density at radius 2 is 0.907 bits per heavy atom. The van der Waals surface area contributed by atoms with E-state index in [9.17, 15) is 0 Å². The van der Waals surface area contributed by atoms with Gasteiger partial charge in [0.15, 0.2) is 8.07 Å². The molecule has 1 nitrogen and oxygen atoms in total. The third kappa shape index (κ3) is 4.11. The highest BCUT2D eigenvalue weighted by molar-refractivity contribution is 7.19. The smallest absolute Gasteiger partial charge is 0.179 e. The van der Waals surface area contributed by atoms with E-state index < -0.39 is 8.07 Å². The SMILES string of the molecule is c1ccc([Si](c2ccccc2)(c2ccccc2)c2cccc(-c3cc4cnc5ccccc5c4c4ccccc34)c2)cc1. The first-order chi connectivity index (χ1) is 21.3. The van der Waals surface area contributed by atoms with E-state index in [4.69, 9.17) is 4.98 Å². The molecule has 0 saturated heterocycles. The standard InChI is InChI=1S/C41H29NSi/c1-4-16-32(17-5-1)43(33-18-6-2-7-19-33,34-20-8-3-9-21-34)35-22-14-15-30(27-35)39-28-31-29-42-40-26-13-12-25-38(40)41(31)37-24-11-10-23-36(37)39/h1-29H. The molecule has 202 valence electrons. The van der Waals surface area contributed by atoms with Crippen molar-refractivity contribution in [1.29, 1.82) is 0 Å². The van der Waals surface area contributed by atoms with Gasteiger partial charge >= 0.3 is 0 Å². The average molecular weight is 564 g/mol. The van der Waals surface area contributed by atoms with Crippen LogP contribution in [-0.4, -0.2) is 13.1 Å². The van der Waals surface area contributed by atoms with Crippen molar-refractivity contribution >= 4 is 61.3 Å². The van der Waals surface area contributed by atoms with Crippen LogP contribution in [-0.2, 0) is 0 Å². The zero-order valence-corrected chi connectivity index (χ0v) is 24.7. The van der Waals surface area contributed by atoms with E-state index >= 15 is 0 Å². The van der Waals surface area contributed by atoms with Gasteiger partial charge in [0.1, 0.15) is 0 Å². The van der Waals surface area contributed by atoms with Gasteiger partial charge in [-0.2, -0.15) is 0 Å². The van der Waals surface area contributed by atoms with Crippen LogP contribution >= 0.6 is 0 Å². The van der Waals surface area contributed by atoms with Crippen LogP contribution in [0, 0.1) is 0 Å². The molecule has 0 saturated carbocycles. The molecule has 0 radical (unpaired) electrons. The first-order valence-corrected chi connectivity index (χ1v) is 16.8. The van der Waals surface area contributed by atoms with E-state index in [1.165, 1.54) is 53.4 Å². The Bertz CT molecular complexity index is 2130. The minimum absolute atomic E-state index is 1.03. The van der Waals surface area contributed by atoms with Crippen LogP contribution in [0.2, 0.25) is 0 Å². The quantitative estimate of drug-likeness (QED) is 0.119. The molecular formula is C41H29NSi. The first-order valence-electron chi connectivity index (χ1n) is 14.8. The summed E-state index contributed by atoms with van der Waals surface area (Å²) in [5, 5.41) is 11.6. The Hall–Kier alpha value is -5.31. The molecule has 0 aliphatic heterocycles. The number of rotatable bonds is 5.